The molecule has 0 amide bonds. The van der Waals surface area contributed by atoms with Crippen LogP contribution < -0.4 is 10.1 Å². The first-order valence-corrected chi connectivity index (χ1v) is 8.23. The Kier molecular flexibility index (Phi) is 5.87. The maximum absolute atomic E-state index is 5.34. The van der Waals surface area contributed by atoms with Gasteiger partial charge < -0.3 is 10.1 Å². The van der Waals surface area contributed by atoms with Crippen molar-refractivity contribution in [2.75, 3.05) is 20.2 Å². The zero-order chi connectivity index (χ0) is 14.5. The second-order valence-corrected chi connectivity index (χ2v) is 6.44. The van der Waals surface area contributed by atoms with Crippen molar-refractivity contribution in [3.8, 4) is 5.75 Å². The molecule has 0 saturated carbocycles. The smallest absolute Gasteiger partial charge is 0.119 e. The summed E-state index contributed by atoms with van der Waals surface area (Å²) in [5, 5.41) is 3.64. The van der Waals surface area contributed by atoms with Gasteiger partial charge in [0, 0.05) is 29.6 Å². The summed E-state index contributed by atoms with van der Waals surface area (Å²) in [6.07, 6.45) is 2.39. The van der Waals surface area contributed by atoms with E-state index in [4.69, 9.17) is 4.74 Å². The number of methoxy groups -OCH3 is 1. The van der Waals surface area contributed by atoms with Crippen LogP contribution in [0.2, 0.25) is 0 Å². The van der Waals surface area contributed by atoms with Crippen LogP contribution in [0.5, 0.6) is 5.75 Å². The molecule has 1 saturated heterocycles. The largest absolute Gasteiger partial charge is 0.497 e. The van der Waals surface area contributed by atoms with Crippen LogP contribution in [0.1, 0.15) is 32.3 Å². The summed E-state index contributed by atoms with van der Waals surface area (Å²) < 4.78 is 6.50. The van der Waals surface area contributed by atoms with E-state index in [1.54, 1.807) is 7.11 Å². The van der Waals surface area contributed by atoms with E-state index in [0.717, 1.165) is 29.9 Å². The zero-order valence-electron chi connectivity index (χ0n) is 12.7. The average molecular weight is 341 g/mol. The van der Waals surface area contributed by atoms with Crippen LogP contribution in [0.15, 0.2) is 22.7 Å². The lowest BCUT2D eigenvalue weighted by Crippen LogP contribution is -2.39. The molecule has 4 heteroatoms. The summed E-state index contributed by atoms with van der Waals surface area (Å²) in [5.74, 6) is 0.927. The van der Waals surface area contributed by atoms with Crippen LogP contribution in [0.25, 0.3) is 0 Å². The third-order valence-electron chi connectivity index (χ3n) is 4.19. The number of benzene rings is 1. The quantitative estimate of drug-likeness (QED) is 0.908. The molecule has 1 aliphatic rings. The molecular weight excluding hydrogens is 316 g/mol. The molecule has 0 bridgehead atoms. The molecule has 1 aliphatic heterocycles. The van der Waals surface area contributed by atoms with Gasteiger partial charge in [-0.1, -0.05) is 22.9 Å². The predicted molar refractivity (Wildman–Crippen MR) is 87.3 cm³/mol. The Morgan fingerprint density at radius 2 is 2.25 bits per heavy atom. The molecule has 3 nitrogen and oxygen atoms in total. The highest BCUT2D eigenvalue weighted by Gasteiger charge is 2.22. The Labute approximate surface area is 130 Å². The number of rotatable bonds is 4. The molecule has 1 aromatic carbocycles. The lowest BCUT2D eigenvalue weighted by Gasteiger charge is -2.29. The highest BCUT2D eigenvalue weighted by molar-refractivity contribution is 9.10. The zero-order valence-corrected chi connectivity index (χ0v) is 14.2. The van der Waals surface area contributed by atoms with Crippen LogP contribution in [0.3, 0.4) is 0 Å². The number of nitrogens with zero attached hydrogens (tertiary/aromatic N) is 1. The van der Waals surface area contributed by atoms with Gasteiger partial charge in [-0.2, -0.15) is 0 Å². The van der Waals surface area contributed by atoms with Gasteiger partial charge in [0.05, 0.1) is 7.11 Å². The fraction of sp³-hybridized carbons (Fsp3) is 0.625. The van der Waals surface area contributed by atoms with Gasteiger partial charge in [0.15, 0.2) is 0 Å². The lowest BCUT2D eigenvalue weighted by molar-refractivity contribution is 0.194. The molecule has 1 fully saturated rings. The van der Waals surface area contributed by atoms with Crippen molar-refractivity contribution in [2.24, 2.45) is 0 Å². The second kappa shape index (κ2) is 7.43. The standard InChI is InChI=1S/C16H25BrN2O/c1-4-14-11-19(12(2)7-8-18-14)10-13-9-15(20-3)5-6-16(13)17/h5-6,9,12,14,18H,4,7-8,10-11H2,1-3H3. The van der Waals surface area contributed by atoms with Crippen molar-refractivity contribution in [2.45, 2.75) is 45.3 Å². The first-order valence-electron chi connectivity index (χ1n) is 7.44. The SMILES string of the molecule is CCC1CN(Cc2cc(OC)ccc2Br)C(C)CCN1. The monoisotopic (exact) mass is 340 g/mol. The van der Waals surface area contributed by atoms with Crippen molar-refractivity contribution in [1.29, 1.82) is 0 Å². The maximum Gasteiger partial charge on any atom is 0.119 e. The third-order valence-corrected chi connectivity index (χ3v) is 4.97. The molecule has 0 aromatic heterocycles. The molecule has 2 atom stereocenters. The van der Waals surface area contributed by atoms with E-state index in [9.17, 15) is 0 Å². The third kappa shape index (κ3) is 3.96. The minimum Gasteiger partial charge on any atom is -0.497 e. The molecule has 112 valence electrons. The lowest BCUT2D eigenvalue weighted by atomic mass is 10.1. The number of hydrogen-bond donors (Lipinski definition) is 1. The number of ether oxygens (including phenoxy) is 1. The van der Waals surface area contributed by atoms with Gasteiger partial charge in [0.2, 0.25) is 0 Å². The molecule has 20 heavy (non-hydrogen) atoms. The van der Waals surface area contributed by atoms with Crippen LogP contribution in [0, 0.1) is 0 Å². The van der Waals surface area contributed by atoms with Gasteiger partial charge in [0.1, 0.15) is 5.75 Å². The van der Waals surface area contributed by atoms with E-state index < -0.39 is 0 Å². The fourth-order valence-corrected chi connectivity index (χ4v) is 3.09. The Hall–Kier alpha value is -0.580. The van der Waals surface area contributed by atoms with Gasteiger partial charge in [0.25, 0.3) is 0 Å². The summed E-state index contributed by atoms with van der Waals surface area (Å²) in [7, 11) is 1.72. The minimum absolute atomic E-state index is 0.601. The predicted octanol–water partition coefficient (Wildman–Crippen LogP) is 3.42. The van der Waals surface area contributed by atoms with E-state index in [2.05, 4.69) is 52.1 Å². The highest BCUT2D eigenvalue weighted by atomic mass is 79.9. The molecule has 0 radical (unpaired) electrons. The second-order valence-electron chi connectivity index (χ2n) is 5.58. The maximum atomic E-state index is 5.34. The first kappa shape index (κ1) is 15.8. The van der Waals surface area contributed by atoms with Crippen molar-refractivity contribution < 1.29 is 4.74 Å². The molecule has 0 spiro atoms. The number of halogens is 1. The number of nitrogens with one attached hydrogen (secondary N) is 1. The summed E-state index contributed by atoms with van der Waals surface area (Å²) in [6.45, 7) is 7.79. The first-order chi connectivity index (χ1) is 9.63. The number of hydrogen-bond acceptors (Lipinski definition) is 3. The molecule has 2 unspecified atom stereocenters. The summed E-state index contributed by atoms with van der Waals surface area (Å²) in [4.78, 5) is 2.58. The molecule has 0 aliphatic carbocycles. The van der Waals surface area contributed by atoms with Crippen molar-refractivity contribution >= 4 is 15.9 Å². The Balaban J connectivity index is 2.13. The Morgan fingerprint density at radius 1 is 1.45 bits per heavy atom. The molecule has 1 aromatic rings. The molecular formula is C16H25BrN2O. The van der Waals surface area contributed by atoms with E-state index in [1.807, 2.05) is 6.07 Å². The van der Waals surface area contributed by atoms with Crippen molar-refractivity contribution in [1.82, 2.24) is 10.2 Å². The van der Waals surface area contributed by atoms with Crippen LogP contribution in [-0.2, 0) is 6.54 Å². The van der Waals surface area contributed by atoms with Crippen molar-refractivity contribution in [3.63, 3.8) is 0 Å². The Bertz CT molecular complexity index is 438. The summed E-state index contributed by atoms with van der Waals surface area (Å²) >= 11 is 3.66. The van der Waals surface area contributed by atoms with E-state index in [1.165, 1.54) is 18.4 Å². The van der Waals surface area contributed by atoms with E-state index in [0.29, 0.717) is 12.1 Å². The fourth-order valence-electron chi connectivity index (χ4n) is 2.72. The topological polar surface area (TPSA) is 24.5 Å². The average Bonchev–Trinajstić information content (AvgIpc) is 2.63. The Morgan fingerprint density at radius 3 is 2.95 bits per heavy atom. The van der Waals surface area contributed by atoms with E-state index in [-0.39, 0.29) is 0 Å². The van der Waals surface area contributed by atoms with Crippen molar-refractivity contribution in [3.05, 3.63) is 28.2 Å². The normalized spacial score (nSPS) is 24.4. The molecule has 1 N–H and O–H groups in total. The van der Waals surface area contributed by atoms with Gasteiger partial charge in [-0.05, 0) is 50.1 Å². The van der Waals surface area contributed by atoms with Crippen LogP contribution in [-0.4, -0.2) is 37.2 Å². The highest BCUT2D eigenvalue weighted by Crippen LogP contribution is 2.25. The van der Waals surface area contributed by atoms with Crippen LogP contribution in [0.4, 0.5) is 0 Å². The summed E-state index contributed by atoms with van der Waals surface area (Å²) in [5.41, 5.74) is 1.30. The molecule has 1 heterocycles. The van der Waals surface area contributed by atoms with Crippen LogP contribution >= 0.6 is 15.9 Å². The molecule has 2 rings (SSSR count). The van der Waals surface area contributed by atoms with Gasteiger partial charge in [-0.25, -0.2) is 0 Å². The summed E-state index contributed by atoms with van der Waals surface area (Å²) in [6, 6.07) is 7.42. The minimum atomic E-state index is 0.601. The van der Waals surface area contributed by atoms with E-state index >= 15 is 0 Å². The van der Waals surface area contributed by atoms with Gasteiger partial charge in [-0.15, -0.1) is 0 Å². The van der Waals surface area contributed by atoms with Gasteiger partial charge >= 0.3 is 0 Å². The van der Waals surface area contributed by atoms with Gasteiger partial charge in [-0.3, -0.25) is 4.90 Å².